The van der Waals surface area contributed by atoms with Gasteiger partial charge in [-0.3, -0.25) is 4.79 Å². The van der Waals surface area contributed by atoms with Crippen LogP contribution in [-0.2, 0) is 11.3 Å². The second-order valence-corrected chi connectivity index (χ2v) is 7.56. The van der Waals surface area contributed by atoms with Gasteiger partial charge in [-0.15, -0.1) is 11.3 Å². The maximum atomic E-state index is 12.8. The van der Waals surface area contributed by atoms with Gasteiger partial charge in [0, 0.05) is 19.7 Å². The van der Waals surface area contributed by atoms with E-state index in [1.807, 2.05) is 6.07 Å². The smallest absolute Gasteiger partial charge is 0.268 e. The summed E-state index contributed by atoms with van der Waals surface area (Å²) in [5, 5.41) is 5.12. The SMILES string of the molecule is Cc1ccc(Cn2c(C(=O)NC[C@@H]3CCCO3)cc3sccc32)cc1. The number of hydrogen-bond acceptors (Lipinski definition) is 3. The third-order valence-corrected chi connectivity index (χ3v) is 5.58. The molecule has 25 heavy (non-hydrogen) atoms. The number of carbonyl (C=O) groups is 1. The average molecular weight is 354 g/mol. The van der Waals surface area contributed by atoms with Gasteiger partial charge in [0.1, 0.15) is 5.69 Å². The number of carbonyl (C=O) groups excluding carboxylic acids is 1. The summed E-state index contributed by atoms with van der Waals surface area (Å²) in [6.45, 7) is 4.17. The molecule has 4 nitrogen and oxygen atoms in total. The molecule has 1 aromatic carbocycles. The lowest BCUT2D eigenvalue weighted by Crippen LogP contribution is -2.33. The van der Waals surface area contributed by atoms with E-state index in [2.05, 4.69) is 52.5 Å². The number of hydrogen-bond donors (Lipinski definition) is 1. The quantitative estimate of drug-likeness (QED) is 0.753. The Morgan fingerprint density at radius 1 is 1.32 bits per heavy atom. The first-order valence-corrected chi connectivity index (χ1v) is 9.61. The summed E-state index contributed by atoms with van der Waals surface area (Å²) in [6, 6.07) is 12.6. The molecule has 0 spiro atoms. The van der Waals surface area contributed by atoms with Gasteiger partial charge in [-0.05, 0) is 42.8 Å². The van der Waals surface area contributed by atoms with E-state index in [0.29, 0.717) is 13.1 Å². The van der Waals surface area contributed by atoms with Crippen molar-refractivity contribution in [1.29, 1.82) is 0 Å². The largest absolute Gasteiger partial charge is 0.376 e. The Kier molecular flexibility index (Phi) is 4.59. The van der Waals surface area contributed by atoms with Gasteiger partial charge in [0.05, 0.1) is 16.3 Å². The van der Waals surface area contributed by atoms with Crippen molar-refractivity contribution in [3.05, 3.63) is 58.6 Å². The van der Waals surface area contributed by atoms with E-state index < -0.39 is 0 Å². The molecule has 0 radical (unpaired) electrons. The van der Waals surface area contributed by atoms with Crippen molar-refractivity contribution in [2.45, 2.75) is 32.4 Å². The zero-order valence-corrected chi connectivity index (χ0v) is 15.1. The van der Waals surface area contributed by atoms with Crippen molar-refractivity contribution < 1.29 is 9.53 Å². The molecule has 1 aliphatic heterocycles. The van der Waals surface area contributed by atoms with Crippen LogP contribution in [0.5, 0.6) is 0 Å². The van der Waals surface area contributed by atoms with Crippen LogP contribution in [0.1, 0.15) is 34.5 Å². The molecule has 0 bridgehead atoms. The van der Waals surface area contributed by atoms with Gasteiger partial charge in [-0.25, -0.2) is 0 Å². The van der Waals surface area contributed by atoms with Crippen molar-refractivity contribution in [2.24, 2.45) is 0 Å². The van der Waals surface area contributed by atoms with Crippen LogP contribution in [0.15, 0.2) is 41.8 Å². The maximum absolute atomic E-state index is 12.8. The molecule has 1 atom stereocenters. The highest BCUT2D eigenvalue weighted by Crippen LogP contribution is 2.26. The molecule has 1 amide bonds. The number of ether oxygens (including phenoxy) is 1. The number of rotatable bonds is 5. The molecule has 3 heterocycles. The summed E-state index contributed by atoms with van der Waals surface area (Å²) >= 11 is 1.67. The Labute approximate surface area is 151 Å². The van der Waals surface area contributed by atoms with Gasteiger partial charge in [0.15, 0.2) is 0 Å². The lowest BCUT2D eigenvalue weighted by molar-refractivity contribution is 0.0851. The lowest BCUT2D eigenvalue weighted by Gasteiger charge is -2.13. The minimum atomic E-state index is -0.0222. The normalized spacial score (nSPS) is 17.2. The van der Waals surface area contributed by atoms with E-state index >= 15 is 0 Å². The Balaban J connectivity index is 1.58. The fourth-order valence-corrected chi connectivity index (χ4v) is 4.14. The van der Waals surface area contributed by atoms with E-state index in [-0.39, 0.29) is 12.0 Å². The number of benzene rings is 1. The second kappa shape index (κ2) is 7.02. The zero-order valence-electron chi connectivity index (χ0n) is 14.3. The van der Waals surface area contributed by atoms with Crippen LogP contribution < -0.4 is 5.32 Å². The standard InChI is InChI=1S/C20H22N2O2S/c1-14-4-6-15(7-5-14)13-22-17-8-10-25-19(17)11-18(22)20(23)21-12-16-3-2-9-24-16/h4-8,10-11,16H,2-3,9,12-13H2,1H3,(H,21,23)/t16-/m0/s1. The van der Waals surface area contributed by atoms with Crippen LogP contribution in [0.4, 0.5) is 0 Å². The molecule has 2 aromatic heterocycles. The van der Waals surface area contributed by atoms with Gasteiger partial charge in [-0.1, -0.05) is 29.8 Å². The van der Waals surface area contributed by atoms with E-state index in [1.165, 1.54) is 11.1 Å². The summed E-state index contributed by atoms with van der Waals surface area (Å²) < 4.78 is 8.86. The van der Waals surface area contributed by atoms with Crippen molar-refractivity contribution in [2.75, 3.05) is 13.2 Å². The molecule has 5 heteroatoms. The minimum absolute atomic E-state index is 0.0222. The third-order valence-electron chi connectivity index (χ3n) is 4.73. The van der Waals surface area contributed by atoms with Gasteiger partial charge in [-0.2, -0.15) is 0 Å². The number of nitrogens with zero attached hydrogens (tertiary/aromatic N) is 1. The van der Waals surface area contributed by atoms with Crippen LogP contribution in [0, 0.1) is 6.92 Å². The van der Waals surface area contributed by atoms with Crippen LogP contribution in [-0.4, -0.2) is 29.7 Å². The first-order valence-electron chi connectivity index (χ1n) is 8.73. The summed E-state index contributed by atoms with van der Waals surface area (Å²) in [5.41, 5.74) is 4.28. The molecular formula is C20H22N2O2S. The predicted octanol–water partition coefficient (Wildman–Crippen LogP) is 3.97. The Morgan fingerprint density at radius 2 is 2.16 bits per heavy atom. The van der Waals surface area contributed by atoms with Crippen molar-refractivity contribution >= 4 is 27.5 Å². The fraction of sp³-hybridized carbons (Fsp3) is 0.350. The highest BCUT2D eigenvalue weighted by Gasteiger charge is 2.20. The Hall–Kier alpha value is -2.11. The number of thiophene rings is 1. The van der Waals surface area contributed by atoms with Crippen LogP contribution in [0.3, 0.4) is 0 Å². The first kappa shape index (κ1) is 16.4. The topological polar surface area (TPSA) is 43.3 Å². The van der Waals surface area contributed by atoms with Crippen molar-refractivity contribution in [1.82, 2.24) is 9.88 Å². The number of nitrogens with one attached hydrogen (secondary N) is 1. The summed E-state index contributed by atoms with van der Waals surface area (Å²) in [7, 11) is 0. The van der Waals surface area contributed by atoms with Gasteiger partial charge >= 0.3 is 0 Å². The molecule has 1 aliphatic rings. The monoisotopic (exact) mass is 354 g/mol. The predicted molar refractivity (Wildman–Crippen MR) is 101 cm³/mol. The first-order chi connectivity index (χ1) is 12.2. The molecule has 0 aliphatic carbocycles. The summed E-state index contributed by atoms with van der Waals surface area (Å²) in [6.07, 6.45) is 2.27. The molecule has 4 rings (SSSR count). The fourth-order valence-electron chi connectivity index (χ4n) is 3.31. The molecule has 0 unspecified atom stereocenters. The Morgan fingerprint density at radius 3 is 2.92 bits per heavy atom. The van der Waals surface area contributed by atoms with E-state index in [4.69, 9.17) is 4.74 Å². The molecular weight excluding hydrogens is 332 g/mol. The molecule has 130 valence electrons. The Bertz CT molecular complexity index is 873. The third kappa shape index (κ3) is 3.48. The molecule has 3 aromatic rings. The number of fused-ring (bicyclic) bond motifs is 1. The van der Waals surface area contributed by atoms with E-state index in [0.717, 1.165) is 35.4 Å². The highest BCUT2D eigenvalue weighted by atomic mass is 32.1. The summed E-state index contributed by atoms with van der Waals surface area (Å²) in [5.74, 6) is -0.0222. The van der Waals surface area contributed by atoms with Gasteiger partial charge < -0.3 is 14.6 Å². The minimum Gasteiger partial charge on any atom is -0.376 e. The maximum Gasteiger partial charge on any atom is 0.268 e. The van der Waals surface area contributed by atoms with E-state index in [9.17, 15) is 4.79 Å². The van der Waals surface area contributed by atoms with Gasteiger partial charge in [0.25, 0.3) is 5.91 Å². The average Bonchev–Trinajstić information content (AvgIpc) is 3.33. The van der Waals surface area contributed by atoms with Crippen molar-refractivity contribution in [3.63, 3.8) is 0 Å². The number of aromatic nitrogens is 1. The lowest BCUT2D eigenvalue weighted by atomic mass is 10.1. The number of amides is 1. The summed E-state index contributed by atoms with van der Waals surface area (Å²) in [4.78, 5) is 12.8. The van der Waals surface area contributed by atoms with Gasteiger partial charge in [0.2, 0.25) is 0 Å². The molecule has 0 saturated carbocycles. The van der Waals surface area contributed by atoms with Crippen LogP contribution in [0.2, 0.25) is 0 Å². The van der Waals surface area contributed by atoms with Crippen LogP contribution in [0.25, 0.3) is 10.2 Å². The second-order valence-electron chi connectivity index (χ2n) is 6.62. The van der Waals surface area contributed by atoms with Crippen molar-refractivity contribution in [3.8, 4) is 0 Å². The molecule has 1 saturated heterocycles. The van der Waals surface area contributed by atoms with Crippen LogP contribution >= 0.6 is 11.3 Å². The zero-order chi connectivity index (χ0) is 17.2. The molecule has 1 N–H and O–H groups in total. The highest BCUT2D eigenvalue weighted by molar-refractivity contribution is 7.17. The molecule has 1 fully saturated rings. The van der Waals surface area contributed by atoms with E-state index in [1.54, 1.807) is 11.3 Å². The number of aryl methyl sites for hydroxylation is 1.